The van der Waals surface area contributed by atoms with Crippen LogP contribution in [0.25, 0.3) is 0 Å². The molecule has 0 radical (unpaired) electrons. The van der Waals surface area contributed by atoms with Crippen molar-refractivity contribution in [2.75, 3.05) is 31.1 Å². The molecule has 1 aromatic carbocycles. The summed E-state index contributed by atoms with van der Waals surface area (Å²) in [6, 6.07) is 6.67. The van der Waals surface area contributed by atoms with Crippen molar-refractivity contribution in [1.82, 2.24) is 14.9 Å². The molecule has 1 saturated carbocycles. The van der Waals surface area contributed by atoms with Crippen LogP contribution in [0.3, 0.4) is 0 Å². The number of carbonyl (C=O) groups excluding carboxylic acids is 1. The largest absolute Gasteiger partial charge is 0.353 e. The van der Waals surface area contributed by atoms with Gasteiger partial charge in [0.25, 0.3) is 5.69 Å². The smallest absolute Gasteiger partial charge is 0.269 e. The minimum atomic E-state index is -0.386. The van der Waals surface area contributed by atoms with E-state index < -0.39 is 0 Å². The van der Waals surface area contributed by atoms with Gasteiger partial charge in [-0.05, 0) is 25.3 Å². The number of non-ortho nitro benzene ring substituents is 1. The summed E-state index contributed by atoms with van der Waals surface area (Å²) in [7, 11) is 0. The molecule has 0 bridgehead atoms. The zero-order chi connectivity index (χ0) is 20.5. The van der Waals surface area contributed by atoms with Crippen molar-refractivity contribution in [3.8, 4) is 0 Å². The van der Waals surface area contributed by atoms with E-state index >= 15 is 0 Å². The first-order chi connectivity index (χ1) is 13.9. The van der Waals surface area contributed by atoms with E-state index in [0.717, 1.165) is 54.4 Å². The lowest BCUT2D eigenvalue weighted by Crippen LogP contribution is -2.48. The molecule has 4 rings (SSSR count). The van der Waals surface area contributed by atoms with Crippen LogP contribution in [0.5, 0.6) is 0 Å². The Balaban J connectivity index is 1.63. The Morgan fingerprint density at radius 3 is 2.34 bits per heavy atom. The molecule has 2 heterocycles. The van der Waals surface area contributed by atoms with Gasteiger partial charge in [0.15, 0.2) is 0 Å². The summed E-state index contributed by atoms with van der Waals surface area (Å²) in [4.78, 5) is 36.0. The summed E-state index contributed by atoms with van der Waals surface area (Å²) in [6.45, 7) is 6.49. The number of anilines is 1. The second-order valence-electron chi connectivity index (χ2n) is 7.84. The number of aryl methyl sites for hydroxylation is 1. The number of rotatable bonds is 5. The van der Waals surface area contributed by atoms with Gasteiger partial charge in [-0.15, -0.1) is 0 Å². The molecule has 1 aliphatic heterocycles. The highest BCUT2D eigenvalue weighted by Gasteiger charge is 2.30. The van der Waals surface area contributed by atoms with Gasteiger partial charge in [-0.25, -0.2) is 9.97 Å². The Morgan fingerprint density at radius 2 is 1.79 bits per heavy atom. The van der Waals surface area contributed by atoms with Gasteiger partial charge >= 0.3 is 0 Å². The number of hydrogen-bond donors (Lipinski definition) is 0. The van der Waals surface area contributed by atoms with Gasteiger partial charge in [-0.1, -0.05) is 12.1 Å². The van der Waals surface area contributed by atoms with Crippen LogP contribution in [0.4, 0.5) is 11.5 Å². The quantitative estimate of drug-likeness (QED) is 0.571. The lowest BCUT2D eigenvalue weighted by molar-refractivity contribution is -0.384. The molecule has 8 heteroatoms. The third-order valence-corrected chi connectivity index (χ3v) is 5.70. The molecule has 152 valence electrons. The van der Waals surface area contributed by atoms with Gasteiger partial charge in [0.2, 0.25) is 5.91 Å². The fraction of sp³-hybridized carbons (Fsp3) is 0.476. The Labute approximate surface area is 169 Å². The summed E-state index contributed by atoms with van der Waals surface area (Å²) in [5, 5.41) is 10.9. The van der Waals surface area contributed by atoms with E-state index in [1.165, 1.54) is 12.1 Å². The SMILES string of the molecule is CC(=O)N1CCN(c2nc(C3CC3)nc(C)c2Cc2ccc([N+](=O)[O-])cc2)CC1. The van der Waals surface area contributed by atoms with Crippen molar-refractivity contribution in [2.24, 2.45) is 0 Å². The highest BCUT2D eigenvalue weighted by atomic mass is 16.6. The number of hydrogen-bond acceptors (Lipinski definition) is 6. The fourth-order valence-corrected chi connectivity index (χ4v) is 3.77. The second kappa shape index (κ2) is 7.77. The summed E-state index contributed by atoms with van der Waals surface area (Å²) in [5.41, 5.74) is 3.10. The molecule has 1 aliphatic carbocycles. The van der Waals surface area contributed by atoms with Crippen LogP contribution in [0.15, 0.2) is 24.3 Å². The molecule has 2 fully saturated rings. The zero-order valence-electron chi connectivity index (χ0n) is 16.8. The number of nitrogens with zero attached hydrogens (tertiary/aromatic N) is 5. The van der Waals surface area contributed by atoms with E-state index in [0.29, 0.717) is 25.4 Å². The monoisotopic (exact) mass is 395 g/mol. The van der Waals surface area contributed by atoms with Gasteiger partial charge in [-0.3, -0.25) is 14.9 Å². The van der Waals surface area contributed by atoms with Crippen LogP contribution in [-0.2, 0) is 11.2 Å². The Kier molecular flexibility index (Phi) is 5.17. The van der Waals surface area contributed by atoms with E-state index in [9.17, 15) is 14.9 Å². The third kappa shape index (κ3) is 4.21. The van der Waals surface area contributed by atoms with Crippen molar-refractivity contribution in [1.29, 1.82) is 0 Å². The Hall–Kier alpha value is -3.03. The summed E-state index contributed by atoms with van der Waals surface area (Å²) in [5.74, 6) is 2.42. The Bertz CT molecular complexity index is 932. The number of aromatic nitrogens is 2. The number of piperazine rings is 1. The molecule has 8 nitrogen and oxygen atoms in total. The first-order valence-corrected chi connectivity index (χ1v) is 10.0. The van der Waals surface area contributed by atoms with Gasteiger partial charge in [0.1, 0.15) is 11.6 Å². The average Bonchev–Trinajstić information content (AvgIpc) is 3.55. The van der Waals surface area contributed by atoms with E-state index in [1.807, 2.05) is 11.8 Å². The highest BCUT2D eigenvalue weighted by Crippen LogP contribution is 2.39. The van der Waals surface area contributed by atoms with Gasteiger partial charge in [0, 0.05) is 68.8 Å². The molecular formula is C21H25N5O3. The third-order valence-electron chi connectivity index (χ3n) is 5.70. The topological polar surface area (TPSA) is 92.5 Å². The number of nitro groups is 1. The van der Waals surface area contributed by atoms with Gasteiger partial charge < -0.3 is 9.80 Å². The molecule has 29 heavy (non-hydrogen) atoms. The van der Waals surface area contributed by atoms with Gasteiger partial charge in [-0.2, -0.15) is 0 Å². The van der Waals surface area contributed by atoms with Crippen molar-refractivity contribution >= 4 is 17.4 Å². The molecule has 1 amide bonds. The van der Waals surface area contributed by atoms with E-state index in [1.54, 1.807) is 19.1 Å². The van der Waals surface area contributed by atoms with Crippen molar-refractivity contribution in [3.63, 3.8) is 0 Å². The highest BCUT2D eigenvalue weighted by molar-refractivity contribution is 5.73. The van der Waals surface area contributed by atoms with Crippen LogP contribution < -0.4 is 4.90 Å². The molecule has 2 aliphatic rings. The molecular weight excluding hydrogens is 370 g/mol. The molecule has 0 spiro atoms. The number of carbonyl (C=O) groups is 1. The maximum absolute atomic E-state index is 11.7. The average molecular weight is 395 g/mol. The van der Waals surface area contributed by atoms with Gasteiger partial charge in [0.05, 0.1) is 4.92 Å². The summed E-state index contributed by atoms with van der Waals surface area (Å²) in [6.07, 6.45) is 2.90. The lowest BCUT2D eigenvalue weighted by atomic mass is 10.0. The standard InChI is InChI=1S/C21H25N5O3/c1-14-19(13-16-3-7-18(8-4-16)26(28)29)21(23-20(22-14)17-5-6-17)25-11-9-24(10-12-25)15(2)27/h3-4,7-8,17H,5-6,9-13H2,1-2H3. The minimum absolute atomic E-state index is 0.0892. The first-order valence-electron chi connectivity index (χ1n) is 10.0. The maximum Gasteiger partial charge on any atom is 0.269 e. The Morgan fingerprint density at radius 1 is 1.14 bits per heavy atom. The predicted octanol–water partition coefficient (Wildman–Crippen LogP) is 2.83. The van der Waals surface area contributed by atoms with Crippen molar-refractivity contribution in [2.45, 2.75) is 39.0 Å². The lowest BCUT2D eigenvalue weighted by Gasteiger charge is -2.36. The normalized spacial score (nSPS) is 16.8. The zero-order valence-corrected chi connectivity index (χ0v) is 16.8. The molecule has 0 atom stereocenters. The second-order valence-corrected chi connectivity index (χ2v) is 7.84. The number of nitro benzene ring substituents is 1. The van der Waals surface area contributed by atoms with E-state index in [4.69, 9.17) is 9.97 Å². The summed E-state index contributed by atoms with van der Waals surface area (Å²) < 4.78 is 0. The summed E-state index contributed by atoms with van der Waals surface area (Å²) >= 11 is 0. The maximum atomic E-state index is 11.7. The number of amides is 1. The number of benzene rings is 1. The molecule has 2 aromatic rings. The van der Waals surface area contributed by atoms with Crippen LogP contribution >= 0.6 is 0 Å². The van der Waals surface area contributed by atoms with E-state index in [2.05, 4.69) is 4.90 Å². The van der Waals surface area contributed by atoms with Crippen LogP contribution in [-0.4, -0.2) is 51.9 Å². The predicted molar refractivity (Wildman–Crippen MR) is 109 cm³/mol. The molecule has 0 N–H and O–H groups in total. The van der Waals surface area contributed by atoms with Crippen molar-refractivity contribution < 1.29 is 9.72 Å². The van der Waals surface area contributed by atoms with Crippen molar-refractivity contribution in [3.05, 3.63) is 57.0 Å². The first kappa shape index (κ1) is 19.3. The molecule has 1 aromatic heterocycles. The van der Waals surface area contributed by atoms with E-state index in [-0.39, 0.29) is 16.5 Å². The van der Waals surface area contributed by atoms with Crippen LogP contribution in [0, 0.1) is 17.0 Å². The molecule has 0 unspecified atom stereocenters. The fourth-order valence-electron chi connectivity index (χ4n) is 3.77. The van der Waals surface area contributed by atoms with Crippen LogP contribution in [0.1, 0.15) is 48.3 Å². The van der Waals surface area contributed by atoms with Crippen LogP contribution in [0.2, 0.25) is 0 Å². The minimum Gasteiger partial charge on any atom is -0.353 e. The molecule has 1 saturated heterocycles.